The fraction of sp³-hybridized carbons (Fsp3) is 0.154. The standard InChI is InChI=1S/C13H9ClN4S/c14-6-12-17-10-2-1-9(7-15)5-11(10)18(12)8-13-16-3-4-19-13/h1-5H,6,8H2. The monoisotopic (exact) mass is 288 g/mol. The van der Waals surface area contributed by atoms with Gasteiger partial charge in [-0.3, -0.25) is 0 Å². The molecule has 4 nitrogen and oxygen atoms in total. The van der Waals surface area contributed by atoms with Crippen LogP contribution in [0.5, 0.6) is 0 Å². The Balaban J connectivity index is 2.16. The minimum absolute atomic E-state index is 0.335. The summed E-state index contributed by atoms with van der Waals surface area (Å²) in [7, 11) is 0. The average molecular weight is 289 g/mol. The summed E-state index contributed by atoms with van der Waals surface area (Å²) in [4.78, 5) is 8.76. The van der Waals surface area contributed by atoms with Gasteiger partial charge in [-0.2, -0.15) is 5.26 Å². The summed E-state index contributed by atoms with van der Waals surface area (Å²) < 4.78 is 2.02. The first-order valence-electron chi connectivity index (χ1n) is 5.65. The van der Waals surface area contributed by atoms with Crippen LogP contribution in [-0.2, 0) is 12.4 Å². The Labute approximate surface area is 118 Å². The van der Waals surface area contributed by atoms with E-state index in [1.165, 1.54) is 0 Å². The predicted molar refractivity (Wildman–Crippen MR) is 75.2 cm³/mol. The van der Waals surface area contributed by atoms with Gasteiger partial charge in [-0.25, -0.2) is 9.97 Å². The molecule has 0 bridgehead atoms. The molecule has 19 heavy (non-hydrogen) atoms. The lowest BCUT2D eigenvalue weighted by Crippen LogP contribution is -2.03. The van der Waals surface area contributed by atoms with Crippen LogP contribution in [-0.4, -0.2) is 14.5 Å². The van der Waals surface area contributed by atoms with Crippen LogP contribution in [0.1, 0.15) is 16.4 Å². The van der Waals surface area contributed by atoms with Gasteiger partial charge in [0.15, 0.2) is 0 Å². The zero-order valence-electron chi connectivity index (χ0n) is 9.88. The Kier molecular flexibility index (Phi) is 3.20. The highest BCUT2D eigenvalue weighted by molar-refractivity contribution is 7.09. The topological polar surface area (TPSA) is 54.5 Å². The van der Waals surface area contributed by atoms with Crippen LogP contribution in [0.2, 0.25) is 0 Å². The highest BCUT2D eigenvalue weighted by Crippen LogP contribution is 2.21. The fourth-order valence-electron chi connectivity index (χ4n) is 1.99. The molecule has 2 heterocycles. The summed E-state index contributed by atoms with van der Waals surface area (Å²) in [5.74, 6) is 1.13. The van der Waals surface area contributed by atoms with Gasteiger partial charge in [-0.05, 0) is 18.2 Å². The first-order valence-corrected chi connectivity index (χ1v) is 7.07. The van der Waals surface area contributed by atoms with Crippen molar-refractivity contribution in [2.24, 2.45) is 0 Å². The maximum absolute atomic E-state index is 8.99. The smallest absolute Gasteiger partial charge is 0.125 e. The SMILES string of the molecule is N#Cc1ccc2nc(CCl)n(Cc3nccs3)c2c1. The number of benzene rings is 1. The Hall–Kier alpha value is -1.90. The van der Waals surface area contributed by atoms with Crippen molar-refractivity contribution in [3.63, 3.8) is 0 Å². The van der Waals surface area contributed by atoms with Crippen molar-refractivity contribution < 1.29 is 0 Å². The van der Waals surface area contributed by atoms with E-state index in [2.05, 4.69) is 16.0 Å². The van der Waals surface area contributed by atoms with Crippen LogP contribution in [0.3, 0.4) is 0 Å². The number of rotatable bonds is 3. The predicted octanol–water partition coefficient (Wildman–Crippen LogP) is 3.15. The molecule has 0 aliphatic carbocycles. The molecule has 0 N–H and O–H groups in total. The lowest BCUT2D eigenvalue weighted by Gasteiger charge is -2.05. The van der Waals surface area contributed by atoms with Crippen molar-refractivity contribution >= 4 is 34.0 Å². The van der Waals surface area contributed by atoms with E-state index < -0.39 is 0 Å². The molecule has 0 aliphatic heterocycles. The lowest BCUT2D eigenvalue weighted by molar-refractivity contribution is 0.773. The summed E-state index contributed by atoms with van der Waals surface area (Å²) in [6.07, 6.45) is 1.78. The molecule has 0 atom stereocenters. The van der Waals surface area contributed by atoms with Gasteiger partial charge in [-0.15, -0.1) is 22.9 Å². The Morgan fingerprint density at radius 1 is 1.42 bits per heavy atom. The van der Waals surface area contributed by atoms with E-state index in [4.69, 9.17) is 16.9 Å². The Bertz CT molecular complexity index is 755. The highest BCUT2D eigenvalue weighted by Gasteiger charge is 2.12. The number of alkyl halides is 1. The number of halogens is 1. The zero-order chi connectivity index (χ0) is 13.2. The van der Waals surface area contributed by atoms with Gasteiger partial charge in [0.2, 0.25) is 0 Å². The number of hydrogen-bond donors (Lipinski definition) is 0. The molecule has 3 rings (SSSR count). The first-order chi connectivity index (χ1) is 9.31. The van der Waals surface area contributed by atoms with Crippen molar-refractivity contribution in [1.29, 1.82) is 5.26 Å². The maximum Gasteiger partial charge on any atom is 0.125 e. The van der Waals surface area contributed by atoms with Crippen molar-refractivity contribution in [3.05, 3.63) is 46.2 Å². The normalized spacial score (nSPS) is 10.7. The third-order valence-electron chi connectivity index (χ3n) is 2.85. The Morgan fingerprint density at radius 3 is 3.00 bits per heavy atom. The summed E-state index contributed by atoms with van der Waals surface area (Å²) in [6.45, 7) is 0.630. The first kappa shape index (κ1) is 12.2. The molecule has 0 saturated carbocycles. The van der Waals surface area contributed by atoms with Crippen molar-refractivity contribution in [3.8, 4) is 6.07 Å². The van der Waals surface area contributed by atoms with Crippen LogP contribution in [0.4, 0.5) is 0 Å². The van der Waals surface area contributed by atoms with E-state index in [0.717, 1.165) is 21.9 Å². The Morgan fingerprint density at radius 2 is 2.32 bits per heavy atom. The zero-order valence-corrected chi connectivity index (χ0v) is 11.4. The van der Waals surface area contributed by atoms with E-state index in [9.17, 15) is 0 Å². The van der Waals surface area contributed by atoms with Gasteiger partial charge in [0.1, 0.15) is 10.8 Å². The third-order valence-corrected chi connectivity index (χ3v) is 3.86. The highest BCUT2D eigenvalue weighted by atomic mass is 35.5. The molecule has 3 aromatic rings. The van der Waals surface area contributed by atoms with Crippen molar-refractivity contribution in [2.45, 2.75) is 12.4 Å². The quantitative estimate of drug-likeness (QED) is 0.696. The largest absolute Gasteiger partial charge is 0.320 e. The van der Waals surface area contributed by atoms with E-state index >= 15 is 0 Å². The number of aromatic nitrogens is 3. The molecule has 0 saturated heterocycles. The van der Waals surface area contributed by atoms with Crippen LogP contribution < -0.4 is 0 Å². The summed E-state index contributed by atoms with van der Waals surface area (Å²) in [6, 6.07) is 7.60. The van der Waals surface area contributed by atoms with Crippen LogP contribution >= 0.6 is 22.9 Å². The lowest BCUT2D eigenvalue weighted by atomic mass is 10.2. The van der Waals surface area contributed by atoms with Crippen molar-refractivity contribution in [2.75, 3.05) is 0 Å². The number of imidazole rings is 1. The molecule has 0 spiro atoms. The van der Waals surface area contributed by atoms with Gasteiger partial charge in [0.05, 0.1) is 35.1 Å². The van der Waals surface area contributed by atoms with Gasteiger partial charge in [-0.1, -0.05) is 0 Å². The number of thiazole rings is 1. The molecule has 0 fully saturated rings. The number of hydrogen-bond acceptors (Lipinski definition) is 4. The van der Waals surface area contributed by atoms with E-state index in [-0.39, 0.29) is 0 Å². The van der Waals surface area contributed by atoms with Crippen molar-refractivity contribution in [1.82, 2.24) is 14.5 Å². The molecule has 1 aromatic carbocycles. The van der Waals surface area contributed by atoms with E-state index in [1.807, 2.05) is 22.1 Å². The third kappa shape index (κ3) is 2.21. The second kappa shape index (κ2) is 5.00. The molecule has 0 amide bonds. The van der Waals surface area contributed by atoms with Crippen LogP contribution in [0.25, 0.3) is 11.0 Å². The molecular weight excluding hydrogens is 280 g/mol. The van der Waals surface area contributed by atoms with Crippen LogP contribution in [0.15, 0.2) is 29.8 Å². The number of nitrogens with zero attached hydrogens (tertiary/aromatic N) is 4. The minimum atomic E-state index is 0.335. The summed E-state index contributed by atoms with van der Waals surface area (Å²) in [5, 5.41) is 11.9. The van der Waals surface area contributed by atoms with Gasteiger partial charge in [0, 0.05) is 11.6 Å². The molecule has 0 radical (unpaired) electrons. The van der Waals surface area contributed by atoms with Gasteiger partial charge < -0.3 is 4.57 Å². The second-order valence-electron chi connectivity index (χ2n) is 3.99. The summed E-state index contributed by atoms with van der Waals surface area (Å²) in [5.41, 5.74) is 2.39. The minimum Gasteiger partial charge on any atom is -0.320 e. The molecular formula is C13H9ClN4S. The average Bonchev–Trinajstić information content (AvgIpc) is 3.07. The molecule has 0 unspecified atom stereocenters. The number of fused-ring (bicyclic) bond motifs is 1. The van der Waals surface area contributed by atoms with Crippen LogP contribution in [0, 0.1) is 11.3 Å². The number of nitriles is 1. The van der Waals surface area contributed by atoms with Gasteiger partial charge >= 0.3 is 0 Å². The molecule has 0 aliphatic rings. The van der Waals surface area contributed by atoms with E-state index in [0.29, 0.717) is 18.0 Å². The second-order valence-corrected chi connectivity index (χ2v) is 5.24. The van der Waals surface area contributed by atoms with Gasteiger partial charge in [0.25, 0.3) is 0 Å². The molecule has 94 valence electrons. The summed E-state index contributed by atoms with van der Waals surface area (Å²) >= 11 is 7.54. The molecule has 2 aromatic heterocycles. The maximum atomic E-state index is 8.99. The fourth-order valence-corrected chi connectivity index (χ4v) is 2.80. The molecule has 6 heteroatoms. The van der Waals surface area contributed by atoms with E-state index in [1.54, 1.807) is 23.6 Å².